The average molecular weight is 501 g/mol. The van der Waals surface area contributed by atoms with Crippen molar-refractivity contribution in [3.8, 4) is 0 Å². The van der Waals surface area contributed by atoms with E-state index in [-0.39, 0.29) is 56.4 Å². The second-order valence-corrected chi connectivity index (χ2v) is 16.0. The molecule has 10 atom stereocenters. The van der Waals surface area contributed by atoms with Crippen molar-refractivity contribution in [1.29, 1.82) is 0 Å². The number of hydrogen-bond donors (Lipinski definition) is 2. The van der Waals surface area contributed by atoms with Crippen molar-refractivity contribution in [3.05, 3.63) is 11.6 Å². The van der Waals surface area contributed by atoms with E-state index < -0.39 is 12.2 Å². The van der Waals surface area contributed by atoms with E-state index in [4.69, 9.17) is 4.74 Å². The molecule has 0 bridgehead atoms. The lowest BCUT2D eigenvalue weighted by Gasteiger charge is -2.73. The number of fused-ring (bicyclic) bond motifs is 7. The number of aliphatic hydroxyl groups excluding tert-OH is 2. The second kappa shape index (κ2) is 7.84. The van der Waals surface area contributed by atoms with Gasteiger partial charge < -0.3 is 14.9 Å². The molecule has 5 aliphatic carbocycles. The maximum atomic E-state index is 12.1. The zero-order valence-corrected chi connectivity index (χ0v) is 24.4. The van der Waals surface area contributed by atoms with Gasteiger partial charge in [-0.05, 0) is 96.2 Å². The number of hydrogen-bond acceptors (Lipinski definition) is 4. The van der Waals surface area contributed by atoms with Gasteiger partial charge >= 0.3 is 5.97 Å². The molecular formula is C32H52O4. The Morgan fingerprint density at radius 1 is 0.889 bits per heavy atom. The van der Waals surface area contributed by atoms with Gasteiger partial charge in [-0.15, -0.1) is 0 Å². The summed E-state index contributed by atoms with van der Waals surface area (Å²) < 4.78 is 5.74. The molecule has 0 unspecified atom stereocenters. The van der Waals surface area contributed by atoms with Crippen LogP contribution >= 0.6 is 0 Å². The topological polar surface area (TPSA) is 66.8 Å². The van der Waals surface area contributed by atoms with E-state index in [0.717, 1.165) is 19.3 Å². The van der Waals surface area contributed by atoms with Crippen molar-refractivity contribution in [3.63, 3.8) is 0 Å². The number of ether oxygens (including phenoxy) is 1. The molecule has 204 valence electrons. The first-order valence-corrected chi connectivity index (χ1v) is 14.7. The van der Waals surface area contributed by atoms with Crippen molar-refractivity contribution >= 4 is 5.97 Å². The summed E-state index contributed by atoms with van der Waals surface area (Å²) in [6.45, 7) is 20.4. The summed E-state index contributed by atoms with van der Waals surface area (Å²) >= 11 is 0. The summed E-state index contributed by atoms with van der Waals surface area (Å²) in [5.74, 6) is 0.506. The Kier molecular flexibility index (Phi) is 5.82. The number of carbonyl (C=O) groups excluding carboxylic acids is 1. The third kappa shape index (κ3) is 3.41. The van der Waals surface area contributed by atoms with Gasteiger partial charge in [0.2, 0.25) is 0 Å². The van der Waals surface area contributed by atoms with Gasteiger partial charge in [-0.1, -0.05) is 67.0 Å². The molecule has 0 heterocycles. The predicted molar refractivity (Wildman–Crippen MR) is 143 cm³/mol. The van der Waals surface area contributed by atoms with Gasteiger partial charge in [0.15, 0.2) is 0 Å². The molecule has 0 amide bonds. The Hall–Kier alpha value is -0.870. The molecule has 0 aromatic heterocycles. The van der Waals surface area contributed by atoms with Crippen LogP contribution in [0, 0.1) is 50.2 Å². The molecule has 0 saturated heterocycles. The van der Waals surface area contributed by atoms with Crippen molar-refractivity contribution < 1.29 is 19.7 Å². The Morgan fingerprint density at radius 2 is 1.53 bits per heavy atom. The smallest absolute Gasteiger partial charge is 0.303 e. The monoisotopic (exact) mass is 500 g/mol. The number of aliphatic hydroxyl groups is 2. The van der Waals surface area contributed by atoms with Crippen LogP contribution in [0.15, 0.2) is 11.6 Å². The Bertz CT molecular complexity index is 965. The third-order valence-corrected chi connectivity index (χ3v) is 13.1. The molecule has 0 aliphatic heterocycles. The quantitative estimate of drug-likeness (QED) is 0.311. The first kappa shape index (κ1) is 26.7. The molecule has 36 heavy (non-hydrogen) atoms. The van der Waals surface area contributed by atoms with Crippen LogP contribution in [0.2, 0.25) is 0 Å². The fourth-order valence-corrected chi connectivity index (χ4v) is 11.2. The first-order chi connectivity index (χ1) is 16.4. The molecular weight excluding hydrogens is 448 g/mol. The van der Waals surface area contributed by atoms with E-state index in [0.29, 0.717) is 12.3 Å². The van der Waals surface area contributed by atoms with Gasteiger partial charge in [0, 0.05) is 12.3 Å². The van der Waals surface area contributed by atoms with E-state index in [1.807, 2.05) is 0 Å². The Morgan fingerprint density at radius 3 is 2.17 bits per heavy atom. The highest BCUT2D eigenvalue weighted by molar-refractivity contribution is 5.66. The van der Waals surface area contributed by atoms with E-state index >= 15 is 0 Å². The molecule has 0 aromatic carbocycles. The highest BCUT2D eigenvalue weighted by Gasteiger charge is 2.72. The predicted octanol–water partition coefficient (Wildman–Crippen LogP) is 6.68. The van der Waals surface area contributed by atoms with Crippen molar-refractivity contribution in [2.75, 3.05) is 0 Å². The van der Waals surface area contributed by atoms with Crippen LogP contribution in [0.1, 0.15) is 114 Å². The number of carbonyl (C=O) groups is 1. The van der Waals surface area contributed by atoms with Crippen LogP contribution < -0.4 is 0 Å². The van der Waals surface area contributed by atoms with Crippen LogP contribution in [-0.4, -0.2) is 34.5 Å². The van der Waals surface area contributed by atoms with Crippen LogP contribution in [0.3, 0.4) is 0 Å². The molecule has 5 aliphatic rings. The third-order valence-electron chi connectivity index (χ3n) is 13.1. The number of rotatable bonds is 1. The fraction of sp³-hybridized carbons (Fsp3) is 0.906. The van der Waals surface area contributed by atoms with Gasteiger partial charge in [-0.25, -0.2) is 0 Å². The zero-order chi connectivity index (χ0) is 26.7. The SMILES string of the molecule is CC(=O)O[C@H]1[C@H](O)C[C@]2(C)[C@H]3[C@H](O)C[C@@H]4C5=CC(C)(C)CC[C@]5(C)CC[C@@]4(C)[C@]3(C)CC[C@H]2C1(C)C. The molecule has 5 rings (SSSR count). The van der Waals surface area contributed by atoms with Gasteiger partial charge in [-0.2, -0.15) is 0 Å². The average Bonchev–Trinajstić information content (AvgIpc) is 2.73. The lowest BCUT2D eigenvalue weighted by molar-refractivity contribution is -0.276. The van der Waals surface area contributed by atoms with Gasteiger partial charge in [0.05, 0.1) is 12.2 Å². The summed E-state index contributed by atoms with van der Waals surface area (Å²) in [6.07, 6.45) is 9.54. The summed E-state index contributed by atoms with van der Waals surface area (Å²) in [5.41, 5.74) is 1.70. The number of allylic oxidation sites excluding steroid dienone is 2. The molecule has 0 aromatic rings. The van der Waals surface area contributed by atoms with Crippen molar-refractivity contribution in [2.24, 2.45) is 50.2 Å². The van der Waals surface area contributed by atoms with Crippen LogP contribution in [-0.2, 0) is 9.53 Å². The Labute approximate surface area is 219 Å². The van der Waals surface area contributed by atoms with E-state index in [1.165, 1.54) is 32.6 Å². The maximum absolute atomic E-state index is 12.1. The Balaban J connectivity index is 1.58. The molecule has 0 spiro atoms. The molecule has 4 nitrogen and oxygen atoms in total. The molecule has 2 N–H and O–H groups in total. The highest BCUT2D eigenvalue weighted by atomic mass is 16.6. The van der Waals surface area contributed by atoms with Crippen LogP contribution in [0.4, 0.5) is 0 Å². The minimum atomic E-state index is -0.707. The van der Waals surface area contributed by atoms with E-state index in [1.54, 1.807) is 5.57 Å². The summed E-state index contributed by atoms with van der Waals surface area (Å²) in [4.78, 5) is 11.9. The van der Waals surface area contributed by atoms with Gasteiger partial charge in [0.25, 0.3) is 0 Å². The molecule has 4 heteroatoms. The van der Waals surface area contributed by atoms with Gasteiger partial charge in [-0.3, -0.25) is 4.79 Å². The van der Waals surface area contributed by atoms with E-state index in [2.05, 4.69) is 61.5 Å². The normalized spacial score (nSPS) is 53.1. The van der Waals surface area contributed by atoms with Crippen molar-refractivity contribution in [2.45, 2.75) is 132 Å². The standard InChI is InChI=1S/C32H52O4/c1-19(33)36-26-23(35)18-30(7)24(28(26,4)5)10-11-32(9)25(30)22(34)16-20-21-17-27(2,3)12-13-29(21,6)14-15-31(20,32)8/h17,20,22-26,34-35H,10-16,18H2,1-9H3/t20-,22-,23-,24+,25-,26+,29-,30+,31-,32-/m1/s1. The minimum absolute atomic E-state index is 0.00554. The summed E-state index contributed by atoms with van der Waals surface area (Å²) in [5, 5.41) is 23.5. The molecule has 4 saturated carbocycles. The van der Waals surface area contributed by atoms with Crippen molar-refractivity contribution in [1.82, 2.24) is 0 Å². The van der Waals surface area contributed by atoms with Crippen LogP contribution in [0.25, 0.3) is 0 Å². The maximum Gasteiger partial charge on any atom is 0.303 e. The second-order valence-electron chi connectivity index (χ2n) is 16.0. The summed E-state index contributed by atoms with van der Waals surface area (Å²) in [6, 6.07) is 0. The molecule has 0 radical (unpaired) electrons. The highest BCUT2D eigenvalue weighted by Crippen LogP contribution is 2.76. The zero-order valence-electron chi connectivity index (χ0n) is 24.4. The fourth-order valence-electron chi connectivity index (χ4n) is 11.2. The summed E-state index contributed by atoms with van der Waals surface area (Å²) in [7, 11) is 0. The first-order valence-electron chi connectivity index (χ1n) is 14.7. The number of esters is 1. The lowest BCUT2D eigenvalue weighted by Crippen LogP contribution is -2.70. The lowest BCUT2D eigenvalue weighted by atomic mass is 9.32. The minimum Gasteiger partial charge on any atom is -0.459 e. The largest absolute Gasteiger partial charge is 0.459 e. The van der Waals surface area contributed by atoms with Gasteiger partial charge in [0.1, 0.15) is 6.10 Å². The van der Waals surface area contributed by atoms with Crippen LogP contribution in [0.5, 0.6) is 0 Å². The van der Waals surface area contributed by atoms with E-state index in [9.17, 15) is 15.0 Å². The molecule has 4 fully saturated rings.